The molecule has 2 aromatic carbocycles. The van der Waals surface area contributed by atoms with Crippen molar-refractivity contribution in [2.24, 2.45) is 5.92 Å². The first-order chi connectivity index (χ1) is 13.5. The maximum atomic E-state index is 13.0. The van der Waals surface area contributed by atoms with Crippen LogP contribution in [0.2, 0.25) is 0 Å². The van der Waals surface area contributed by atoms with Crippen molar-refractivity contribution in [3.63, 3.8) is 0 Å². The average molecular weight is 396 g/mol. The number of nitrogens with zero attached hydrogens (tertiary/aromatic N) is 1. The van der Waals surface area contributed by atoms with Crippen LogP contribution in [-0.2, 0) is 4.79 Å². The van der Waals surface area contributed by atoms with E-state index < -0.39 is 0 Å². The van der Waals surface area contributed by atoms with Crippen molar-refractivity contribution in [3.05, 3.63) is 64.8 Å². The van der Waals surface area contributed by atoms with E-state index in [4.69, 9.17) is 5.73 Å². The fourth-order valence-corrected chi connectivity index (χ4v) is 3.50. The Morgan fingerprint density at radius 2 is 1.68 bits per heavy atom. The number of halogens is 1. The Kier molecular flexibility index (Phi) is 4.79. The molecule has 4 N–H and O–H groups in total. The van der Waals surface area contributed by atoms with Crippen molar-refractivity contribution in [2.75, 3.05) is 16.4 Å². The van der Waals surface area contributed by atoms with Gasteiger partial charge in [0.05, 0.1) is 0 Å². The lowest BCUT2D eigenvalue weighted by molar-refractivity contribution is -0.117. The van der Waals surface area contributed by atoms with E-state index in [1.165, 1.54) is 12.1 Å². The molecule has 1 amide bonds. The summed E-state index contributed by atoms with van der Waals surface area (Å²) in [6.45, 7) is 0. The number of rotatable bonds is 6. The van der Waals surface area contributed by atoms with Gasteiger partial charge in [0.25, 0.3) is 0 Å². The largest absolute Gasteiger partial charge is 0.382 e. The quantitative estimate of drug-likeness (QED) is 0.543. The zero-order chi connectivity index (χ0) is 19.7. The Balaban J connectivity index is 1.47. The lowest BCUT2D eigenvalue weighted by atomic mass is 10.1. The molecular weight excluding hydrogens is 379 g/mol. The number of nitrogen functional groups attached to an aromatic ring is 1. The molecule has 3 aromatic rings. The Morgan fingerprint density at radius 1 is 1.04 bits per heavy atom. The smallest absolute Gasteiger partial charge is 0.227 e. The lowest BCUT2D eigenvalue weighted by Gasteiger charge is -2.05. The number of aromatic nitrogens is 1. The van der Waals surface area contributed by atoms with Crippen molar-refractivity contribution in [1.82, 2.24) is 4.98 Å². The molecule has 1 saturated carbocycles. The molecule has 0 bridgehead atoms. The molecule has 1 heterocycles. The number of thiazole rings is 1. The predicted octanol–water partition coefficient (Wildman–Crippen LogP) is 4.19. The van der Waals surface area contributed by atoms with Gasteiger partial charge in [0.1, 0.15) is 16.5 Å². The monoisotopic (exact) mass is 396 g/mol. The van der Waals surface area contributed by atoms with Crippen LogP contribution in [-0.4, -0.2) is 16.7 Å². The first-order valence-corrected chi connectivity index (χ1v) is 9.56. The Morgan fingerprint density at radius 3 is 2.32 bits per heavy atom. The summed E-state index contributed by atoms with van der Waals surface area (Å²) >= 11 is 1.13. The molecule has 0 saturated heterocycles. The molecule has 4 rings (SSSR count). The van der Waals surface area contributed by atoms with Crippen molar-refractivity contribution >= 4 is 45.4 Å². The second-order valence-corrected chi connectivity index (χ2v) is 7.53. The maximum Gasteiger partial charge on any atom is 0.227 e. The number of carbonyl (C=O) groups excluding carboxylic acids is 2. The molecule has 6 nitrogen and oxygen atoms in total. The summed E-state index contributed by atoms with van der Waals surface area (Å²) in [5.41, 5.74) is 7.67. The minimum atomic E-state index is -0.336. The number of ketones is 1. The van der Waals surface area contributed by atoms with Crippen LogP contribution in [0.4, 0.5) is 26.7 Å². The van der Waals surface area contributed by atoms with E-state index in [0.717, 1.165) is 24.2 Å². The number of anilines is 4. The van der Waals surface area contributed by atoms with E-state index in [0.29, 0.717) is 26.9 Å². The molecule has 1 fully saturated rings. The molecule has 1 aliphatic rings. The van der Waals surface area contributed by atoms with Gasteiger partial charge in [-0.3, -0.25) is 9.59 Å². The molecule has 0 radical (unpaired) electrons. The summed E-state index contributed by atoms with van der Waals surface area (Å²) in [6, 6.07) is 12.5. The minimum Gasteiger partial charge on any atom is -0.382 e. The van der Waals surface area contributed by atoms with Gasteiger partial charge in [0.2, 0.25) is 11.7 Å². The number of hydrogen-bond acceptors (Lipinski definition) is 6. The first-order valence-electron chi connectivity index (χ1n) is 8.74. The zero-order valence-corrected chi connectivity index (χ0v) is 15.6. The van der Waals surface area contributed by atoms with Crippen LogP contribution in [0.25, 0.3) is 0 Å². The standard InChI is InChI=1S/C20H17FN4O2S/c21-13-5-9-15(10-6-13)24-20-25-18(22)17(28-20)16(26)11-3-7-14(8-4-11)23-19(27)12-1-2-12/h3-10,12H,1-2,22H2,(H,23,27)(H,24,25). The van der Waals surface area contributed by atoms with Crippen LogP contribution in [0.1, 0.15) is 28.1 Å². The summed E-state index contributed by atoms with van der Waals surface area (Å²) in [5.74, 6) is -0.322. The Bertz CT molecular complexity index is 1030. The maximum absolute atomic E-state index is 13.0. The Labute approximate surface area is 164 Å². The molecule has 0 atom stereocenters. The van der Waals surface area contributed by atoms with E-state index in [1.807, 2.05) is 0 Å². The highest BCUT2D eigenvalue weighted by molar-refractivity contribution is 7.18. The third-order valence-corrected chi connectivity index (χ3v) is 5.30. The summed E-state index contributed by atoms with van der Waals surface area (Å²) < 4.78 is 13.0. The molecule has 28 heavy (non-hydrogen) atoms. The highest BCUT2D eigenvalue weighted by atomic mass is 32.1. The Hall–Kier alpha value is -3.26. The number of hydrogen-bond donors (Lipinski definition) is 3. The van der Waals surface area contributed by atoms with Crippen molar-refractivity contribution in [3.8, 4) is 0 Å². The van der Waals surface area contributed by atoms with E-state index in [9.17, 15) is 14.0 Å². The van der Waals surface area contributed by atoms with E-state index >= 15 is 0 Å². The third kappa shape index (κ3) is 4.01. The molecule has 0 unspecified atom stereocenters. The fourth-order valence-electron chi connectivity index (χ4n) is 2.63. The average Bonchev–Trinajstić information content (AvgIpc) is 3.47. The first kappa shape index (κ1) is 18.1. The predicted molar refractivity (Wildman–Crippen MR) is 107 cm³/mol. The number of benzene rings is 2. The highest BCUT2D eigenvalue weighted by Crippen LogP contribution is 2.31. The van der Waals surface area contributed by atoms with Crippen LogP contribution in [0.5, 0.6) is 0 Å². The van der Waals surface area contributed by atoms with E-state index in [2.05, 4.69) is 15.6 Å². The topological polar surface area (TPSA) is 97.1 Å². The molecule has 8 heteroatoms. The van der Waals surface area contributed by atoms with Gasteiger partial charge in [-0.1, -0.05) is 11.3 Å². The molecule has 0 aliphatic heterocycles. The minimum absolute atomic E-state index is 0.0160. The van der Waals surface area contributed by atoms with Crippen molar-refractivity contribution < 1.29 is 14.0 Å². The van der Waals surface area contributed by atoms with E-state index in [1.54, 1.807) is 36.4 Å². The summed E-state index contributed by atoms with van der Waals surface area (Å²) in [5, 5.41) is 6.29. The number of nitrogens with one attached hydrogen (secondary N) is 2. The van der Waals surface area contributed by atoms with Crippen molar-refractivity contribution in [1.29, 1.82) is 0 Å². The third-order valence-electron chi connectivity index (χ3n) is 4.32. The lowest BCUT2D eigenvalue weighted by Crippen LogP contribution is -2.13. The van der Waals surface area contributed by atoms with Crippen LogP contribution in [0.3, 0.4) is 0 Å². The second-order valence-electron chi connectivity index (χ2n) is 6.54. The normalized spacial score (nSPS) is 13.2. The SMILES string of the molecule is Nc1nc(Nc2ccc(F)cc2)sc1C(=O)c1ccc(NC(=O)C2CC2)cc1. The van der Waals surface area contributed by atoms with Gasteiger partial charge >= 0.3 is 0 Å². The van der Waals surface area contributed by atoms with E-state index in [-0.39, 0.29) is 29.2 Å². The fraction of sp³-hybridized carbons (Fsp3) is 0.150. The van der Waals surface area contributed by atoms with Crippen LogP contribution in [0.15, 0.2) is 48.5 Å². The zero-order valence-electron chi connectivity index (χ0n) is 14.7. The second kappa shape index (κ2) is 7.40. The highest BCUT2D eigenvalue weighted by Gasteiger charge is 2.29. The van der Waals surface area contributed by atoms with Gasteiger partial charge < -0.3 is 16.4 Å². The van der Waals surface area contributed by atoms with Gasteiger partial charge in [-0.25, -0.2) is 9.37 Å². The summed E-state index contributed by atoms with van der Waals surface area (Å²) in [6.07, 6.45) is 1.86. The van der Waals surface area contributed by atoms with Crippen LogP contribution >= 0.6 is 11.3 Å². The van der Waals surface area contributed by atoms with Gasteiger partial charge in [-0.2, -0.15) is 0 Å². The van der Waals surface area contributed by atoms with Crippen LogP contribution in [0, 0.1) is 11.7 Å². The summed E-state index contributed by atoms with van der Waals surface area (Å²) in [4.78, 5) is 29.0. The molecular formula is C20H17FN4O2S. The van der Waals surface area contributed by atoms with Gasteiger partial charge in [0, 0.05) is 22.9 Å². The molecule has 142 valence electrons. The number of carbonyl (C=O) groups is 2. The van der Waals surface area contributed by atoms with Crippen LogP contribution < -0.4 is 16.4 Å². The molecule has 0 spiro atoms. The molecule has 1 aliphatic carbocycles. The summed E-state index contributed by atoms with van der Waals surface area (Å²) in [7, 11) is 0. The number of amides is 1. The van der Waals surface area contributed by atoms with Gasteiger partial charge in [0.15, 0.2) is 5.13 Å². The van der Waals surface area contributed by atoms with Gasteiger partial charge in [-0.15, -0.1) is 0 Å². The van der Waals surface area contributed by atoms with Gasteiger partial charge in [-0.05, 0) is 61.4 Å². The molecule has 1 aromatic heterocycles. The van der Waals surface area contributed by atoms with Crippen molar-refractivity contribution in [2.45, 2.75) is 12.8 Å². The number of nitrogens with two attached hydrogens (primary N) is 1.